The fourth-order valence-electron chi connectivity index (χ4n) is 1.78. The van der Waals surface area contributed by atoms with Crippen molar-refractivity contribution >= 4 is 11.6 Å². The van der Waals surface area contributed by atoms with Crippen LogP contribution in [0.2, 0.25) is 0 Å². The number of rotatable bonds is 4. The zero-order chi connectivity index (χ0) is 14.7. The molecule has 0 bridgehead atoms. The highest BCUT2D eigenvalue weighted by molar-refractivity contribution is 5.56. The Morgan fingerprint density at radius 2 is 1.80 bits per heavy atom. The normalized spacial score (nSPS) is 10.4. The smallest absolute Gasteiger partial charge is 0.159 e. The molecule has 20 heavy (non-hydrogen) atoms. The van der Waals surface area contributed by atoms with Crippen molar-refractivity contribution in [1.82, 2.24) is 9.97 Å². The first-order chi connectivity index (χ1) is 9.51. The number of hydrazine groups is 1. The van der Waals surface area contributed by atoms with Gasteiger partial charge < -0.3 is 10.7 Å². The molecule has 2 rings (SSSR count). The van der Waals surface area contributed by atoms with Gasteiger partial charge in [-0.15, -0.1) is 0 Å². The number of hydrogen-bond donors (Lipinski definition) is 3. The number of nitrogens with one attached hydrogen (secondary N) is 2. The molecule has 0 radical (unpaired) electrons. The monoisotopic (exact) mass is 279 g/mol. The lowest BCUT2D eigenvalue weighted by atomic mass is 10.2. The summed E-state index contributed by atoms with van der Waals surface area (Å²) in [5, 5.41) is 3.06. The second-order valence-electron chi connectivity index (χ2n) is 4.34. The number of nitrogen functional groups attached to an aromatic ring is 1. The van der Waals surface area contributed by atoms with Gasteiger partial charge >= 0.3 is 0 Å². The minimum atomic E-state index is -0.871. The molecule has 7 heteroatoms. The number of aromatic nitrogens is 2. The molecule has 1 aromatic heterocycles. The van der Waals surface area contributed by atoms with Gasteiger partial charge in [0.1, 0.15) is 17.5 Å². The molecule has 0 aliphatic heterocycles. The standard InChI is InChI=1S/C13H15F2N5/c1-7-12(18-8(2)19-13(7)20-16)17-6-9-3-4-10(14)11(15)5-9/h3-5H,6,16H2,1-2H3,(H2,17,18,19,20). The van der Waals surface area contributed by atoms with E-state index in [9.17, 15) is 8.78 Å². The maximum atomic E-state index is 13.1. The summed E-state index contributed by atoms with van der Waals surface area (Å²) in [5.74, 6) is 5.30. The fraction of sp³-hybridized carbons (Fsp3) is 0.231. The SMILES string of the molecule is Cc1nc(NN)c(C)c(NCc2ccc(F)c(F)c2)n1. The van der Waals surface area contributed by atoms with Crippen LogP contribution < -0.4 is 16.6 Å². The second-order valence-corrected chi connectivity index (χ2v) is 4.34. The van der Waals surface area contributed by atoms with E-state index in [1.807, 2.05) is 6.92 Å². The molecule has 0 amide bonds. The first-order valence-electron chi connectivity index (χ1n) is 6.01. The minimum Gasteiger partial charge on any atom is -0.366 e. The summed E-state index contributed by atoms with van der Waals surface area (Å²) in [6, 6.07) is 3.75. The summed E-state index contributed by atoms with van der Waals surface area (Å²) in [6.07, 6.45) is 0. The first kappa shape index (κ1) is 14.1. The van der Waals surface area contributed by atoms with Crippen molar-refractivity contribution < 1.29 is 8.78 Å². The molecule has 0 aliphatic carbocycles. The maximum absolute atomic E-state index is 13.1. The molecule has 0 spiro atoms. The summed E-state index contributed by atoms with van der Waals surface area (Å²) in [4.78, 5) is 8.39. The Labute approximate surface area is 115 Å². The summed E-state index contributed by atoms with van der Waals surface area (Å²) in [7, 11) is 0. The van der Waals surface area contributed by atoms with E-state index in [1.165, 1.54) is 6.07 Å². The van der Waals surface area contributed by atoms with E-state index >= 15 is 0 Å². The van der Waals surface area contributed by atoms with E-state index in [2.05, 4.69) is 20.7 Å². The van der Waals surface area contributed by atoms with Gasteiger partial charge in [0, 0.05) is 12.1 Å². The topological polar surface area (TPSA) is 75.9 Å². The maximum Gasteiger partial charge on any atom is 0.159 e. The molecule has 0 aliphatic rings. The van der Waals surface area contributed by atoms with Crippen LogP contribution in [0.15, 0.2) is 18.2 Å². The van der Waals surface area contributed by atoms with E-state index in [-0.39, 0.29) is 0 Å². The highest BCUT2D eigenvalue weighted by atomic mass is 19.2. The third-order valence-corrected chi connectivity index (χ3v) is 2.84. The molecule has 5 nitrogen and oxygen atoms in total. The van der Waals surface area contributed by atoms with Crippen molar-refractivity contribution in [3.8, 4) is 0 Å². The molecule has 0 atom stereocenters. The lowest BCUT2D eigenvalue weighted by molar-refractivity contribution is 0.507. The van der Waals surface area contributed by atoms with E-state index < -0.39 is 11.6 Å². The number of nitrogens with zero attached hydrogens (tertiary/aromatic N) is 2. The largest absolute Gasteiger partial charge is 0.366 e. The van der Waals surface area contributed by atoms with Gasteiger partial charge in [0.05, 0.1) is 0 Å². The van der Waals surface area contributed by atoms with Gasteiger partial charge in [-0.3, -0.25) is 0 Å². The quantitative estimate of drug-likeness (QED) is 0.591. The predicted molar refractivity (Wildman–Crippen MR) is 73.0 cm³/mol. The van der Waals surface area contributed by atoms with Gasteiger partial charge in [0.25, 0.3) is 0 Å². The van der Waals surface area contributed by atoms with Gasteiger partial charge in [-0.1, -0.05) is 6.07 Å². The van der Waals surface area contributed by atoms with E-state index in [0.717, 1.165) is 17.7 Å². The van der Waals surface area contributed by atoms with Gasteiger partial charge in [-0.05, 0) is 31.5 Å². The van der Waals surface area contributed by atoms with Gasteiger partial charge in [-0.25, -0.2) is 24.6 Å². The van der Waals surface area contributed by atoms with Crippen molar-refractivity contribution in [1.29, 1.82) is 0 Å². The van der Waals surface area contributed by atoms with Crippen LogP contribution >= 0.6 is 0 Å². The molecule has 4 N–H and O–H groups in total. The van der Waals surface area contributed by atoms with Crippen LogP contribution in [0, 0.1) is 25.5 Å². The molecule has 1 aromatic carbocycles. The zero-order valence-electron chi connectivity index (χ0n) is 11.2. The molecule has 0 saturated heterocycles. The van der Waals surface area contributed by atoms with Crippen molar-refractivity contribution in [2.45, 2.75) is 20.4 Å². The summed E-state index contributed by atoms with van der Waals surface area (Å²) in [5.41, 5.74) is 3.85. The third-order valence-electron chi connectivity index (χ3n) is 2.84. The van der Waals surface area contributed by atoms with Crippen molar-refractivity contribution in [3.05, 3.63) is 46.8 Å². The van der Waals surface area contributed by atoms with Crippen molar-refractivity contribution in [2.75, 3.05) is 10.7 Å². The van der Waals surface area contributed by atoms with Crippen LogP contribution in [-0.4, -0.2) is 9.97 Å². The predicted octanol–water partition coefficient (Wildman–Crippen LogP) is 2.27. The van der Waals surface area contributed by atoms with Crippen LogP contribution in [0.1, 0.15) is 17.0 Å². The van der Waals surface area contributed by atoms with Crippen LogP contribution in [0.25, 0.3) is 0 Å². The summed E-state index contributed by atoms with van der Waals surface area (Å²) >= 11 is 0. The number of hydrogen-bond acceptors (Lipinski definition) is 5. The van der Waals surface area contributed by atoms with Crippen molar-refractivity contribution in [3.63, 3.8) is 0 Å². The van der Waals surface area contributed by atoms with Crippen molar-refractivity contribution in [2.24, 2.45) is 5.84 Å². The van der Waals surface area contributed by atoms with Crippen LogP contribution in [0.5, 0.6) is 0 Å². The van der Waals surface area contributed by atoms with Gasteiger partial charge in [-0.2, -0.15) is 0 Å². The number of aryl methyl sites for hydroxylation is 1. The lowest BCUT2D eigenvalue weighted by Gasteiger charge is -2.12. The molecular weight excluding hydrogens is 264 g/mol. The average molecular weight is 279 g/mol. The first-order valence-corrected chi connectivity index (χ1v) is 6.01. The Hall–Kier alpha value is -2.28. The molecule has 2 aromatic rings. The molecule has 0 saturated carbocycles. The van der Waals surface area contributed by atoms with Crippen LogP contribution in [0.3, 0.4) is 0 Å². The van der Waals surface area contributed by atoms with E-state index in [1.54, 1.807) is 6.92 Å². The van der Waals surface area contributed by atoms with Crippen LogP contribution in [-0.2, 0) is 6.54 Å². The number of benzene rings is 1. The zero-order valence-corrected chi connectivity index (χ0v) is 11.2. The molecule has 106 valence electrons. The van der Waals surface area contributed by atoms with E-state index in [0.29, 0.717) is 29.6 Å². The number of nitrogens with two attached hydrogens (primary N) is 1. The third kappa shape index (κ3) is 3.00. The lowest BCUT2D eigenvalue weighted by Crippen LogP contribution is -2.14. The highest BCUT2D eigenvalue weighted by Gasteiger charge is 2.08. The fourth-order valence-corrected chi connectivity index (χ4v) is 1.78. The molecular formula is C13H15F2N5. The molecule has 1 heterocycles. The van der Waals surface area contributed by atoms with Crippen LogP contribution in [0.4, 0.5) is 20.4 Å². The summed E-state index contributed by atoms with van der Waals surface area (Å²) < 4.78 is 26.0. The Morgan fingerprint density at radius 3 is 2.45 bits per heavy atom. The molecule has 0 fully saturated rings. The minimum absolute atomic E-state index is 0.318. The Bertz CT molecular complexity index is 630. The van der Waals surface area contributed by atoms with E-state index in [4.69, 9.17) is 5.84 Å². The Morgan fingerprint density at radius 1 is 1.10 bits per heavy atom. The highest BCUT2D eigenvalue weighted by Crippen LogP contribution is 2.19. The molecule has 0 unspecified atom stereocenters. The second kappa shape index (κ2) is 5.79. The van der Waals surface area contributed by atoms with Gasteiger partial charge in [0.2, 0.25) is 0 Å². The Kier molecular flexibility index (Phi) is 4.09. The number of anilines is 2. The number of halogens is 2. The Balaban J connectivity index is 2.18. The van der Waals surface area contributed by atoms with Gasteiger partial charge in [0.15, 0.2) is 11.6 Å². The average Bonchev–Trinajstić information content (AvgIpc) is 2.43. The summed E-state index contributed by atoms with van der Waals surface area (Å²) in [6.45, 7) is 3.86.